The maximum atomic E-state index is 12.6. The maximum Gasteiger partial charge on any atom is 0.306 e. The van der Waals surface area contributed by atoms with E-state index in [-0.39, 0.29) is 31.1 Å². The van der Waals surface area contributed by atoms with Crippen LogP contribution in [0, 0.1) is 0 Å². The number of carbonyl (C=O) groups is 3. The minimum absolute atomic E-state index is 0.0803. The van der Waals surface area contributed by atoms with Crippen molar-refractivity contribution in [2.45, 2.75) is 194 Å². The Bertz CT molecular complexity index is 815. The molecule has 6 nitrogen and oxygen atoms in total. The van der Waals surface area contributed by atoms with Gasteiger partial charge in [0.25, 0.3) is 0 Å². The van der Waals surface area contributed by atoms with E-state index in [1.54, 1.807) is 0 Å². The fraction of sp³-hybridized carbons (Fsp3) is 0.780. The summed E-state index contributed by atoms with van der Waals surface area (Å²) in [5, 5.41) is 0. The Kier molecular flexibility index (Phi) is 34.6. The highest BCUT2D eigenvalue weighted by Crippen LogP contribution is 2.13. The monoisotopic (exact) mass is 661 g/mol. The van der Waals surface area contributed by atoms with Gasteiger partial charge in [-0.05, 0) is 51.4 Å². The Morgan fingerprint density at radius 1 is 0.447 bits per heavy atom. The Labute approximate surface area is 289 Å². The van der Waals surface area contributed by atoms with E-state index in [9.17, 15) is 14.4 Å². The summed E-state index contributed by atoms with van der Waals surface area (Å²) in [5.74, 6) is -0.926. The zero-order chi connectivity index (χ0) is 34.5. The molecular formula is C41H72O6. The van der Waals surface area contributed by atoms with Gasteiger partial charge in [-0.2, -0.15) is 0 Å². The van der Waals surface area contributed by atoms with Crippen LogP contribution in [-0.2, 0) is 28.6 Å². The van der Waals surface area contributed by atoms with E-state index in [4.69, 9.17) is 14.2 Å². The first-order chi connectivity index (χ1) is 23.0. The van der Waals surface area contributed by atoms with Crippen LogP contribution in [0.2, 0.25) is 0 Å². The molecule has 0 saturated carbocycles. The topological polar surface area (TPSA) is 78.9 Å². The van der Waals surface area contributed by atoms with Gasteiger partial charge in [0.05, 0.1) is 0 Å². The second-order valence-corrected chi connectivity index (χ2v) is 12.8. The van der Waals surface area contributed by atoms with E-state index in [1.807, 2.05) is 0 Å². The predicted molar refractivity (Wildman–Crippen MR) is 196 cm³/mol. The van der Waals surface area contributed by atoms with Crippen LogP contribution >= 0.6 is 0 Å². The number of esters is 3. The predicted octanol–water partition coefficient (Wildman–Crippen LogP) is 11.9. The lowest BCUT2D eigenvalue weighted by molar-refractivity contribution is -0.167. The summed E-state index contributed by atoms with van der Waals surface area (Å²) in [4.78, 5) is 37.3. The Morgan fingerprint density at radius 3 is 1.30 bits per heavy atom. The largest absolute Gasteiger partial charge is 0.462 e. The summed E-state index contributed by atoms with van der Waals surface area (Å²) in [6.45, 7) is 6.40. The zero-order valence-electron chi connectivity index (χ0n) is 30.8. The highest BCUT2D eigenvalue weighted by Gasteiger charge is 2.19. The molecule has 0 amide bonds. The molecule has 272 valence electrons. The van der Waals surface area contributed by atoms with Gasteiger partial charge in [0.1, 0.15) is 13.2 Å². The van der Waals surface area contributed by atoms with Crippen molar-refractivity contribution in [3.63, 3.8) is 0 Å². The van der Waals surface area contributed by atoms with Crippen molar-refractivity contribution in [3.8, 4) is 0 Å². The molecule has 0 aromatic carbocycles. The van der Waals surface area contributed by atoms with Crippen molar-refractivity contribution >= 4 is 17.9 Å². The van der Waals surface area contributed by atoms with E-state index in [0.29, 0.717) is 19.3 Å². The molecule has 0 aliphatic rings. The average molecular weight is 661 g/mol. The summed E-state index contributed by atoms with van der Waals surface area (Å²) in [5.41, 5.74) is 0. The SMILES string of the molecule is CC/C=C\C/C=C\C/C=C\CCCCCC(=O)OCC(COC(=O)CCCCCCCCC)OC(=O)CCCCCCCCCCC. The Balaban J connectivity index is 4.38. The molecule has 0 spiro atoms. The molecule has 0 radical (unpaired) electrons. The van der Waals surface area contributed by atoms with Crippen LogP contribution < -0.4 is 0 Å². The highest BCUT2D eigenvalue weighted by molar-refractivity contribution is 5.71. The molecule has 0 saturated heterocycles. The van der Waals surface area contributed by atoms with Gasteiger partial charge < -0.3 is 14.2 Å². The molecule has 0 aliphatic carbocycles. The third-order valence-corrected chi connectivity index (χ3v) is 8.16. The number of hydrogen-bond donors (Lipinski definition) is 0. The van der Waals surface area contributed by atoms with Gasteiger partial charge in [-0.1, -0.05) is 154 Å². The first-order valence-electron chi connectivity index (χ1n) is 19.5. The first-order valence-corrected chi connectivity index (χ1v) is 19.5. The fourth-order valence-electron chi connectivity index (χ4n) is 5.22. The third kappa shape index (κ3) is 34.8. The van der Waals surface area contributed by atoms with Gasteiger partial charge in [-0.15, -0.1) is 0 Å². The second kappa shape index (κ2) is 36.5. The van der Waals surface area contributed by atoms with Crippen LogP contribution in [0.5, 0.6) is 0 Å². The second-order valence-electron chi connectivity index (χ2n) is 12.8. The lowest BCUT2D eigenvalue weighted by atomic mass is 10.1. The van der Waals surface area contributed by atoms with E-state index < -0.39 is 6.10 Å². The quantitative estimate of drug-likeness (QED) is 0.0296. The summed E-state index contributed by atoms with van der Waals surface area (Å²) in [7, 11) is 0. The van der Waals surface area contributed by atoms with E-state index in [2.05, 4.69) is 57.2 Å². The van der Waals surface area contributed by atoms with Crippen LogP contribution in [0.3, 0.4) is 0 Å². The van der Waals surface area contributed by atoms with E-state index in [0.717, 1.165) is 83.5 Å². The number of hydrogen-bond acceptors (Lipinski definition) is 6. The number of unbranched alkanes of at least 4 members (excludes halogenated alkanes) is 17. The normalized spacial score (nSPS) is 12.3. The van der Waals surface area contributed by atoms with Gasteiger partial charge in [-0.3, -0.25) is 14.4 Å². The summed E-state index contributed by atoms with van der Waals surface area (Å²) in [6, 6.07) is 0. The molecule has 0 heterocycles. The fourth-order valence-corrected chi connectivity index (χ4v) is 5.22. The lowest BCUT2D eigenvalue weighted by Crippen LogP contribution is -2.30. The summed E-state index contributed by atoms with van der Waals surface area (Å²) in [6.07, 6.45) is 38.5. The smallest absolute Gasteiger partial charge is 0.306 e. The number of allylic oxidation sites excluding steroid dienone is 6. The molecular weight excluding hydrogens is 588 g/mol. The summed E-state index contributed by atoms with van der Waals surface area (Å²) >= 11 is 0. The Hall–Kier alpha value is -2.37. The van der Waals surface area contributed by atoms with Crippen molar-refractivity contribution in [2.75, 3.05) is 13.2 Å². The maximum absolute atomic E-state index is 12.6. The zero-order valence-corrected chi connectivity index (χ0v) is 30.8. The van der Waals surface area contributed by atoms with Gasteiger partial charge in [0.2, 0.25) is 0 Å². The van der Waals surface area contributed by atoms with Crippen molar-refractivity contribution in [1.82, 2.24) is 0 Å². The van der Waals surface area contributed by atoms with Crippen molar-refractivity contribution in [3.05, 3.63) is 36.5 Å². The standard InChI is InChI=1S/C41H72O6/c1-4-7-10-13-16-18-19-20-21-23-25-28-31-34-40(43)46-37-38(36-45-39(42)33-30-27-24-15-12-9-6-3)47-41(44)35-32-29-26-22-17-14-11-8-5-2/h7,10,16,18,20-21,38H,4-6,8-9,11-15,17,19,22-37H2,1-3H3/b10-7-,18-16-,21-20-. The first kappa shape index (κ1) is 44.6. The molecule has 1 atom stereocenters. The molecule has 0 aliphatic heterocycles. The minimum Gasteiger partial charge on any atom is -0.462 e. The van der Waals surface area contributed by atoms with Crippen LogP contribution in [0.4, 0.5) is 0 Å². The molecule has 0 aromatic rings. The third-order valence-electron chi connectivity index (χ3n) is 8.16. The number of carbonyl (C=O) groups excluding carboxylic acids is 3. The Morgan fingerprint density at radius 2 is 0.830 bits per heavy atom. The van der Waals surface area contributed by atoms with Gasteiger partial charge >= 0.3 is 17.9 Å². The summed E-state index contributed by atoms with van der Waals surface area (Å²) < 4.78 is 16.5. The molecule has 1 unspecified atom stereocenters. The van der Waals surface area contributed by atoms with E-state index in [1.165, 1.54) is 64.2 Å². The van der Waals surface area contributed by atoms with Crippen molar-refractivity contribution in [1.29, 1.82) is 0 Å². The van der Waals surface area contributed by atoms with E-state index >= 15 is 0 Å². The van der Waals surface area contributed by atoms with Gasteiger partial charge in [0.15, 0.2) is 6.10 Å². The van der Waals surface area contributed by atoms with Crippen molar-refractivity contribution in [2.24, 2.45) is 0 Å². The average Bonchev–Trinajstić information content (AvgIpc) is 3.06. The minimum atomic E-state index is -0.773. The molecule has 47 heavy (non-hydrogen) atoms. The number of ether oxygens (including phenoxy) is 3. The lowest BCUT2D eigenvalue weighted by Gasteiger charge is -2.18. The van der Waals surface area contributed by atoms with Crippen LogP contribution in [-0.4, -0.2) is 37.2 Å². The number of rotatable bonds is 34. The molecule has 0 rings (SSSR count). The highest BCUT2D eigenvalue weighted by atomic mass is 16.6. The van der Waals surface area contributed by atoms with Gasteiger partial charge in [-0.25, -0.2) is 0 Å². The van der Waals surface area contributed by atoms with Gasteiger partial charge in [0, 0.05) is 19.3 Å². The molecule has 0 aromatic heterocycles. The van der Waals surface area contributed by atoms with Crippen molar-refractivity contribution < 1.29 is 28.6 Å². The molecule has 0 bridgehead atoms. The molecule has 0 N–H and O–H groups in total. The van der Waals surface area contributed by atoms with Crippen LogP contribution in [0.1, 0.15) is 188 Å². The molecule has 0 fully saturated rings. The molecule has 6 heteroatoms. The van der Waals surface area contributed by atoms with Crippen LogP contribution in [0.25, 0.3) is 0 Å². The van der Waals surface area contributed by atoms with Crippen LogP contribution in [0.15, 0.2) is 36.5 Å².